The molecule has 3 heteroatoms. The van der Waals surface area contributed by atoms with Crippen LogP contribution in [0, 0.1) is 5.92 Å². The molecule has 0 aliphatic heterocycles. The summed E-state index contributed by atoms with van der Waals surface area (Å²) in [6.07, 6.45) is 0.716. The van der Waals surface area contributed by atoms with Crippen LogP contribution in [0.15, 0.2) is 15.8 Å². The van der Waals surface area contributed by atoms with Gasteiger partial charge in [0.25, 0.3) is 0 Å². The van der Waals surface area contributed by atoms with Crippen molar-refractivity contribution in [3.63, 3.8) is 0 Å². The molecule has 0 aromatic heterocycles. The average molecular weight is 247 g/mol. The standard InChI is InChI=1S/C10H15BrO2/c1-5-8(10(12)13-4)9(11)6-7(2)3/h8H,5H2,1-4H3. The van der Waals surface area contributed by atoms with Crippen LogP contribution in [0.25, 0.3) is 0 Å². The largest absolute Gasteiger partial charge is 0.469 e. The third kappa shape index (κ3) is 4.30. The van der Waals surface area contributed by atoms with Gasteiger partial charge >= 0.3 is 5.97 Å². The summed E-state index contributed by atoms with van der Waals surface area (Å²) in [4.78, 5) is 11.2. The summed E-state index contributed by atoms with van der Waals surface area (Å²) >= 11 is 3.33. The van der Waals surface area contributed by atoms with Crippen molar-refractivity contribution < 1.29 is 9.53 Å². The first-order chi connectivity index (χ1) is 6.02. The lowest BCUT2D eigenvalue weighted by atomic mass is 10.1. The Labute approximate surface area is 87.8 Å². The van der Waals surface area contributed by atoms with Gasteiger partial charge in [-0.15, -0.1) is 5.73 Å². The van der Waals surface area contributed by atoms with E-state index < -0.39 is 0 Å². The van der Waals surface area contributed by atoms with E-state index in [1.165, 1.54) is 7.11 Å². The van der Waals surface area contributed by atoms with Gasteiger partial charge in [-0.3, -0.25) is 4.79 Å². The topological polar surface area (TPSA) is 26.3 Å². The number of halogens is 1. The Kier molecular flexibility index (Phi) is 5.76. The summed E-state index contributed by atoms with van der Waals surface area (Å²) < 4.78 is 5.43. The zero-order valence-electron chi connectivity index (χ0n) is 8.48. The van der Waals surface area contributed by atoms with E-state index >= 15 is 0 Å². The molecule has 1 unspecified atom stereocenters. The molecular formula is C10H15BrO2. The minimum Gasteiger partial charge on any atom is -0.469 e. The van der Waals surface area contributed by atoms with Crippen LogP contribution >= 0.6 is 15.9 Å². The molecule has 0 rings (SSSR count). The lowest BCUT2D eigenvalue weighted by Crippen LogP contribution is -2.15. The molecule has 0 radical (unpaired) electrons. The fraction of sp³-hybridized carbons (Fsp3) is 0.600. The molecule has 74 valence electrons. The highest BCUT2D eigenvalue weighted by molar-refractivity contribution is 9.11. The van der Waals surface area contributed by atoms with Gasteiger partial charge in [0.1, 0.15) is 0 Å². The van der Waals surface area contributed by atoms with Crippen molar-refractivity contribution in [2.45, 2.75) is 27.2 Å². The van der Waals surface area contributed by atoms with Gasteiger partial charge in [0.2, 0.25) is 0 Å². The van der Waals surface area contributed by atoms with E-state index in [1.54, 1.807) is 0 Å². The first-order valence-electron chi connectivity index (χ1n) is 4.20. The fourth-order valence-corrected chi connectivity index (χ4v) is 1.82. The summed E-state index contributed by atoms with van der Waals surface area (Å²) in [7, 11) is 1.40. The van der Waals surface area contributed by atoms with Crippen molar-refractivity contribution in [2.24, 2.45) is 5.92 Å². The second-order valence-corrected chi connectivity index (χ2v) is 3.81. The molecule has 0 N–H and O–H groups in total. The van der Waals surface area contributed by atoms with Gasteiger partial charge in [-0.1, -0.05) is 6.92 Å². The predicted molar refractivity (Wildman–Crippen MR) is 56.6 cm³/mol. The summed E-state index contributed by atoms with van der Waals surface area (Å²) in [6, 6.07) is 0. The number of hydrogen-bond acceptors (Lipinski definition) is 2. The molecule has 1 atom stereocenters. The van der Waals surface area contributed by atoms with E-state index in [4.69, 9.17) is 0 Å². The number of carbonyl (C=O) groups excluding carboxylic acids is 1. The van der Waals surface area contributed by atoms with Crippen molar-refractivity contribution in [2.75, 3.05) is 7.11 Å². The van der Waals surface area contributed by atoms with Crippen LogP contribution in [0.1, 0.15) is 27.2 Å². The molecule has 0 bridgehead atoms. The average Bonchev–Trinajstić information content (AvgIpc) is 2.03. The van der Waals surface area contributed by atoms with Gasteiger partial charge < -0.3 is 4.74 Å². The van der Waals surface area contributed by atoms with Crippen LogP contribution in [0.3, 0.4) is 0 Å². The van der Waals surface area contributed by atoms with Crippen molar-refractivity contribution in [3.8, 4) is 0 Å². The minimum absolute atomic E-state index is 0.219. The highest BCUT2D eigenvalue weighted by atomic mass is 79.9. The Bertz CT molecular complexity index is 246. The lowest BCUT2D eigenvalue weighted by molar-refractivity contribution is -0.143. The van der Waals surface area contributed by atoms with Gasteiger partial charge in [-0.05, 0) is 41.8 Å². The number of methoxy groups -OCH3 is 1. The van der Waals surface area contributed by atoms with E-state index in [2.05, 4.69) is 26.4 Å². The monoisotopic (exact) mass is 246 g/mol. The molecule has 0 fully saturated rings. The quantitative estimate of drug-likeness (QED) is 0.566. The Morgan fingerprint density at radius 1 is 1.54 bits per heavy atom. The third-order valence-electron chi connectivity index (χ3n) is 1.57. The Hall–Kier alpha value is -0.530. The van der Waals surface area contributed by atoms with E-state index in [0.717, 1.165) is 10.1 Å². The zero-order chi connectivity index (χ0) is 10.4. The second-order valence-electron chi connectivity index (χ2n) is 2.96. The summed E-state index contributed by atoms with van der Waals surface area (Å²) in [6.45, 7) is 5.81. The summed E-state index contributed by atoms with van der Waals surface area (Å²) in [5, 5.41) is 0. The van der Waals surface area contributed by atoms with Gasteiger partial charge in [-0.25, -0.2) is 0 Å². The molecule has 0 aromatic rings. The smallest absolute Gasteiger partial charge is 0.314 e. The van der Waals surface area contributed by atoms with Crippen molar-refractivity contribution in [1.82, 2.24) is 0 Å². The maximum Gasteiger partial charge on any atom is 0.314 e. The van der Waals surface area contributed by atoms with E-state index in [9.17, 15) is 4.79 Å². The van der Waals surface area contributed by atoms with E-state index in [0.29, 0.717) is 6.42 Å². The maximum atomic E-state index is 11.2. The second kappa shape index (κ2) is 6.01. The lowest BCUT2D eigenvalue weighted by Gasteiger charge is -2.09. The van der Waals surface area contributed by atoms with E-state index in [1.807, 2.05) is 20.8 Å². The van der Waals surface area contributed by atoms with Crippen LogP contribution in [-0.4, -0.2) is 13.1 Å². The highest BCUT2D eigenvalue weighted by Crippen LogP contribution is 2.21. The predicted octanol–water partition coefficient (Wildman–Crippen LogP) is 3.03. The SMILES string of the molecule is CCC(C(=O)OC)C(Br)=C=C(C)C. The molecule has 0 saturated carbocycles. The normalized spacial score (nSPS) is 11.5. The first kappa shape index (κ1) is 12.5. The molecule has 0 aliphatic rings. The maximum absolute atomic E-state index is 11.2. The summed E-state index contributed by atoms with van der Waals surface area (Å²) in [5.41, 5.74) is 4.09. The third-order valence-corrected chi connectivity index (χ3v) is 2.32. The summed E-state index contributed by atoms with van der Waals surface area (Å²) in [5.74, 6) is -0.442. The number of carbonyl (C=O) groups is 1. The highest BCUT2D eigenvalue weighted by Gasteiger charge is 2.19. The first-order valence-corrected chi connectivity index (χ1v) is 4.99. The Morgan fingerprint density at radius 3 is 2.38 bits per heavy atom. The molecule has 2 nitrogen and oxygen atoms in total. The van der Waals surface area contributed by atoms with Crippen LogP contribution in [-0.2, 0) is 9.53 Å². The van der Waals surface area contributed by atoms with Crippen molar-refractivity contribution >= 4 is 21.9 Å². The van der Waals surface area contributed by atoms with Crippen molar-refractivity contribution in [3.05, 3.63) is 15.8 Å². The van der Waals surface area contributed by atoms with Crippen molar-refractivity contribution in [1.29, 1.82) is 0 Å². The van der Waals surface area contributed by atoms with Crippen LogP contribution in [0.2, 0.25) is 0 Å². The minimum atomic E-state index is -0.222. The molecule has 0 aliphatic carbocycles. The van der Waals surface area contributed by atoms with E-state index in [-0.39, 0.29) is 11.9 Å². The molecular weight excluding hydrogens is 232 g/mol. The van der Waals surface area contributed by atoms with Crippen LogP contribution in [0.5, 0.6) is 0 Å². The number of ether oxygens (including phenoxy) is 1. The molecule has 0 heterocycles. The van der Waals surface area contributed by atoms with Gasteiger partial charge in [0, 0.05) is 0 Å². The van der Waals surface area contributed by atoms with Crippen LogP contribution < -0.4 is 0 Å². The van der Waals surface area contributed by atoms with Gasteiger partial charge in [0.15, 0.2) is 0 Å². The number of hydrogen-bond donors (Lipinski definition) is 0. The number of esters is 1. The molecule has 0 amide bonds. The molecule has 13 heavy (non-hydrogen) atoms. The fourth-order valence-electron chi connectivity index (χ4n) is 0.918. The Morgan fingerprint density at radius 2 is 2.08 bits per heavy atom. The van der Waals surface area contributed by atoms with Gasteiger partial charge in [0.05, 0.1) is 17.5 Å². The van der Waals surface area contributed by atoms with Gasteiger partial charge in [-0.2, -0.15) is 0 Å². The number of rotatable bonds is 3. The zero-order valence-corrected chi connectivity index (χ0v) is 10.1. The van der Waals surface area contributed by atoms with Crippen LogP contribution in [0.4, 0.5) is 0 Å². The molecule has 0 saturated heterocycles. The molecule has 0 aromatic carbocycles. The molecule has 0 spiro atoms. The Balaban J connectivity index is 4.80.